The molecular weight excluding hydrogens is 239 g/mol. The van der Waals surface area contributed by atoms with Crippen molar-refractivity contribution in [2.45, 2.75) is 13.5 Å². The molecule has 0 bridgehead atoms. The Labute approximate surface area is 103 Å². The predicted octanol–water partition coefficient (Wildman–Crippen LogP) is 4.02. The van der Waals surface area contributed by atoms with Gasteiger partial charge in [-0.25, -0.2) is 13.2 Å². The van der Waals surface area contributed by atoms with Crippen LogP contribution in [0.15, 0.2) is 36.4 Å². The highest BCUT2D eigenvalue weighted by atomic mass is 19.1. The molecule has 2 aromatic rings. The normalized spacial score (nSPS) is 10.4. The number of halogens is 3. The summed E-state index contributed by atoms with van der Waals surface area (Å²) in [5, 5.41) is 2.92. The Balaban J connectivity index is 2.11. The van der Waals surface area contributed by atoms with Gasteiger partial charge in [0, 0.05) is 17.8 Å². The minimum absolute atomic E-state index is 0.147. The lowest BCUT2D eigenvalue weighted by molar-refractivity contribution is 0.587. The van der Waals surface area contributed by atoms with E-state index in [1.807, 2.05) is 0 Å². The Bertz CT molecular complexity index is 567. The second kappa shape index (κ2) is 5.12. The van der Waals surface area contributed by atoms with Crippen molar-refractivity contribution in [3.05, 3.63) is 65.0 Å². The fourth-order valence-corrected chi connectivity index (χ4v) is 1.63. The molecule has 0 fully saturated rings. The Morgan fingerprint density at radius 1 is 0.944 bits per heavy atom. The van der Waals surface area contributed by atoms with E-state index in [1.54, 1.807) is 19.1 Å². The maximum absolute atomic E-state index is 13.3. The van der Waals surface area contributed by atoms with Gasteiger partial charge in [-0.05, 0) is 48.9 Å². The van der Waals surface area contributed by atoms with E-state index in [9.17, 15) is 13.2 Å². The molecule has 0 saturated carbocycles. The Hall–Kier alpha value is -1.97. The van der Waals surface area contributed by atoms with Crippen LogP contribution < -0.4 is 5.32 Å². The molecule has 0 saturated heterocycles. The summed E-state index contributed by atoms with van der Waals surface area (Å²) >= 11 is 0. The summed E-state index contributed by atoms with van der Waals surface area (Å²) in [6.45, 7) is 1.79. The molecule has 18 heavy (non-hydrogen) atoms. The highest BCUT2D eigenvalue weighted by Gasteiger charge is 2.04. The molecule has 1 nitrogen and oxygen atoms in total. The first-order valence-corrected chi connectivity index (χ1v) is 5.50. The lowest BCUT2D eigenvalue weighted by Crippen LogP contribution is -2.02. The fraction of sp³-hybridized carbons (Fsp3) is 0.143. The van der Waals surface area contributed by atoms with Crippen molar-refractivity contribution < 1.29 is 13.2 Å². The lowest BCUT2D eigenvalue weighted by Gasteiger charge is -2.08. The van der Waals surface area contributed by atoms with Crippen molar-refractivity contribution in [1.82, 2.24) is 0 Å². The number of anilines is 1. The fourth-order valence-electron chi connectivity index (χ4n) is 1.63. The van der Waals surface area contributed by atoms with E-state index in [1.165, 1.54) is 6.07 Å². The van der Waals surface area contributed by atoms with Gasteiger partial charge >= 0.3 is 0 Å². The zero-order valence-electron chi connectivity index (χ0n) is 9.81. The molecule has 0 radical (unpaired) electrons. The largest absolute Gasteiger partial charge is 0.381 e. The van der Waals surface area contributed by atoms with Crippen molar-refractivity contribution in [2.75, 3.05) is 5.32 Å². The smallest absolute Gasteiger partial charge is 0.128 e. The van der Waals surface area contributed by atoms with Crippen LogP contribution in [0.3, 0.4) is 0 Å². The summed E-state index contributed by atoms with van der Waals surface area (Å²) in [4.78, 5) is 0. The SMILES string of the molecule is Cc1cc(NCc2cc(F)ccc2F)ccc1F. The first-order valence-electron chi connectivity index (χ1n) is 5.50. The molecule has 94 valence electrons. The molecule has 2 aromatic carbocycles. The van der Waals surface area contributed by atoms with Gasteiger partial charge in [0.2, 0.25) is 0 Å². The number of hydrogen-bond donors (Lipinski definition) is 1. The number of aryl methyl sites for hydroxylation is 1. The van der Waals surface area contributed by atoms with Crippen LogP contribution in [0.25, 0.3) is 0 Å². The molecule has 4 heteroatoms. The Kier molecular flexibility index (Phi) is 3.55. The molecular formula is C14H12F3N. The van der Waals surface area contributed by atoms with Gasteiger partial charge in [-0.3, -0.25) is 0 Å². The van der Waals surface area contributed by atoms with E-state index >= 15 is 0 Å². The molecule has 0 aliphatic rings. The van der Waals surface area contributed by atoms with Crippen LogP contribution in [-0.4, -0.2) is 0 Å². The minimum Gasteiger partial charge on any atom is -0.381 e. The van der Waals surface area contributed by atoms with Gasteiger partial charge in [0.1, 0.15) is 17.5 Å². The van der Waals surface area contributed by atoms with Crippen LogP contribution >= 0.6 is 0 Å². The van der Waals surface area contributed by atoms with E-state index in [0.29, 0.717) is 11.3 Å². The first-order chi connectivity index (χ1) is 8.56. The molecule has 0 heterocycles. The zero-order chi connectivity index (χ0) is 13.1. The standard InChI is InChI=1S/C14H12F3N/c1-9-6-12(3-5-13(9)16)18-8-10-7-11(15)2-4-14(10)17/h2-7,18H,8H2,1H3. The van der Waals surface area contributed by atoms with Crippen molar-refractivity contribution in [3.63, 3.8) is 0 Å². The van der Waals surface area contributed by atoms with Crippen LogP contribution in [0.5, 0.6) is 0 Å². The zero-order valence-corrected chi connectivity index (χ0v) is 9.81. The average molecular weight is 251 g/mol. The Morgan fingerprint density at radius 2 is 1.67 bits per heavy atom. The predicted molar refractivity (Wildman–Crippen MR) is 64.8 cm³/mol. The summed E-state index contributed by atoms with van der Waals surface area (Å²) in [7, 11) is 0. The Morgan fingerprint density at radius 3 is 2.39 bits per heavy atom. The molecule has 1 N–H and O–H groups in total. The van der Waals surface area contributed by atoms with Crippen LogP contribution in [0.1, 0.15) is 11.1 Å². The second-order valence-electron chi connectivity index (χ2n) is 4.05. The first kappa shape index (κ1) is 12.5. The van der Waals surface area contributed by atoms with Crippen molar-refractivity contribution in [1.29, 1.82) is 0 Å². The maximum Gasteiger partial charge on any atom is 0.128 e. The third-order valence-corrected chi connectivity index (χ3v) is 2.65. The van der Waals surface area contributed by atoms with Gasteiger partial charge < -0.3 is 5.32 Å². The summed E-state index contributed by atoms with van der Waals surface area (Å²) in [5.74, 6) is -1.25. The lowest BCUT2D eigenvalue weighted by atomic mass is 10.2. The maximum atomic E-state index is 13.3. The summed E-state index contributed by atoms with van der Waals surface area (Å²) in [6.07, 6.45) is 0. The summed E-state index contributed by atoms with van der Waals surface area (Å²) in [6, 6.07) is 7.80. The van der Waals surface area contributed by atoms with Gasteiger partial charge in [0.15, 0.2) is 0 Å². The van der Waals surface area contributed by atoms with E-state index in [0.717, 1.165) is 18.2 Å². The molecule has 0 unspecified atom stereocenters. The summed E-state index contributed by atoms with van der Waals surface area (Å²) < 4.78 is 39.3. The summed E-state index contributed by atoms with van der Waals surface area (Å²) in [5.41, 5.74) is 1.40. The number of nitrogens with one attached hydrogen (secondary N) is 1. The number of benzene rings is 2. The highest BCUT2D eigenvalue weighted by Crippen LogP contribution is 2.16. The van der Waals surface area contributed by atoms with Gasteiger partial charge in [-0.15, -0.1) is 0 Å². The monoisotopic (exact) mass is 251 g/mol. The molecule has 0 amide bonds. The molecule has 0 aromatic heterocycles. The van der Waals surface area contributed by atoms with Crippen LogP contribution in [0.4, 0.5) is 18.9 Å². The quantitative estimate of drug-likeness (QED) is 0.868. The minimum atomic E-state index is -0.483. The second-order valence-corrected chi connectivity index (χ2v) is 4.05. The van der Waals surface area contributed by atoms with Gasteiger partial charge in [-0.2, -0.15) is 0 Å². The van der Waals surface area contributed by atoms with E-state index < -0.39 is 11.6 Å². The number of hydrogen-bond acceptors (Lipinski definition) is 1. The van der Waals surface area contributed by atoms with E-state index in [4.69, 9.17) is 0 Å². The van der Waals surface area contributed by atoms with E-state index in [2.05, 4.69) is 5.32 Å². The van der Waals surface area contributed by atoms with Crippen LogP contribution in [0, 0.1) is 24.4 Å². The van der Waals surface area contributed by atoms with Crippen molar-refractivity contribution in [3.8, 4) is 0 Å². The highest BCUT2D eigenvalue weighted by molar-refractivity contribution is 5.46. The van der Waals surface area contributed by atoms with Gasteiger partial charge in [0.25, 0.3) is 0 Å². The van der Waals surface area contributed by atoms with Crippen molar-refractivity contribution in [2.24, 2.45) is 0 Å². The van der Waals surface area contributed by atoms with Crippen LogP contribution in [0.2, 0.25) is 0 Å². The van der Waals surface area contributed by atoms with Crippen molar-refractivity contribution >= 4 is 5.69 Å². The molecule has 2 rings (SSSR count). The van der Waals surface area contributed by atoms with E-state index in [-0.39, 0.29) is 17.9 Å². The third-order valence-electron chi connectivity index (χ3n) is 2.65. The van der Waals surface area contributed by atoms with Gasteiger partial charge in [-0.1, -0.05) is 0 Å². The third kappa shape index (κ3) is 2.83. The average Bonchev–Trinajstić information content (AvgIpc) is 2.34. The van der Waals surface area contributed by atoms with Crippen LogP contribution in [-0.2, 0) is 6.54 Å². The topological polar surface area (TPSA) is 12.0 Å². The molecule has 0 aliphatic carbocycles. The number of rotatable bonds is 3. The molecule has 0 aliphatic heterocycles. The van der Waals surface area contributed by atoms with Gasteiger partial charge in [0.05, 0.1) is 0 Å². The molecule has 0 atom stereocenters. The molecule has 0 spiro atoms.